The van der Waals surface area contributed by atoms with Gasteiger partial charge in [0.2, 0.25) is 0 Å². The molecule has 0 bridgehead atoms. The first-order valence-electron chi connectivity index (χ1n) is 14.7. The molecule has 0 N–H and O–H groups in total. The summed E-state index contributed by atoms with van der Waals surface area (Å²) in [6, 6.07) is 8.32. The van der Waals surface area contributed by atoms with Crippen molar-refractivity contribution in [2.45, 2.75) is 97.4 Å². The Hall–Kier alpha value is -3.39. The van der Waals surface area contributed by atoms with Gasteiger partial charge >= 0.3 is 12.1 Å². The van der Waals surface area contributed by atoms with Gasteiger partial charge in [0.25, 0.3) is 5.60 Å². The molecule has 2 rings (SSSR count). The zero-order chi connectivity index (χ0) is 32.0. The molecule has 0 unspecified atom stereocenters. The van der Waals surface area contributed by atoms with Crippen LogP contribution >= 0.6 is 0 Å². The molecule has 2 atom stereocenters. The molecule has 2 aromatic rings. The van der Waals surface area contributed by atoms with Crippen LogP contribution in [-0.2, 0) is 24.7 Å². The number of rotatable bonds is 17. The van der Waals surface area contributed by atoms with Crippen molar-refractivity contribution in [2.24, 2.45) is 5.92 Å². The fraction of sp³-hybridized carbons (Fsp3) is 0.486. The van der Waals surface area contributed by atoms with Crippen molar-refractivity contribution in [3.05, 3.63) is 95.0 Å². The maximum atomic E-state index is 14.4. The number of halogens is 3. The molecule has 1 aromatic carbocycles. The topological polar surface area (TPSA) is 65.7 Å². The van der Waals surface area contributed by atoms with Crippen molar-refractivity contribution in [3.8, 4) is 0 Å². The number of Topliss-reactive ketones (excluding diaryl/α,β-unsaturated/α-hetero) is 1. The molecule has 0 saturated heterocycles. The van der Waals surface area contributed by atoms with Gasteiger partial charge in [-0.1, -0.05) is 79.1 Å². The van der Waals surface area contributed by atoms with Crippen molar-refractivity contribution in [3.63, 3.8) is 0 Å². The average molecular weight is 603 g/mol. The first-order valence-corrected chi connectivity index (χ1v) is 14.7. The van der Waals surface area contributed by atoms with Crippen LogP contribution in [0.15, 0.2) is 88.3 Å². The number of furan rings is 1. The van der Waals surface area contributed by atoms with Crippen LogP contribution in [0.3, 0.4) is 0 Å². The van der Waals surface area contributed by atoms with E-state index in [9.17, 15) is 22.8 Å². The third kappa shape index (κ3) is 11.0. The normalized spacial score (nSPS) is 15.3. The Morgan fingerprint density at radius 2 is 1.51 bits per heavy atom. The number of esters is 1. The maximum Gasteiger partial charge on any atom is 0.432 e. The maximum absolute atomic E-state index is 14.4. The Labute approximate surface area is 253 Å². The predicted molar refractivity (Wildman–Crippen MR) is 162 cm³/mol. The molecule has 1 aromatic heterocycles. The van der Waals surface area contributed by atoms with Crippen LogP contribution in [0.25, 0.3) is 0 Å². The van der Waals surface area contributed by atoms with E-state index in [4.69, 9.17) is 13.9 Å². The lowest BCUT2D eigenvalue weighted by Gasteiger charge is -2.33. The number of ether oxygens (including phenoxy) is 2. The smallest absolute Gasteiger partial charge is 0.432 e. The number of allylic oxidation sites excluding steroid dienone is 5. The van der Waals surface area contributed by atoms with E-state index < -0.39 is 23.9 Å². The third-order valence-electron chi connectivity index (χ3n) is 7.19. The highest BCUT2D eigenvalue weighted by Crippen LogP contribution is 2.44. The van der Waals surface area contributed by atoms with Gasteiger partial charge in [0.1, 0.15) is 11.9 Å². The number of alkyl halides is 3. The van der Waals surface area contributed by atoms with Crippen molar-refractivity contribution >= 4 is 11.8 Å². The van der Waals surface area contributed by atoms with Crippen LogP contribution in [-0.4, -0.2) is 25.0 Å². The van der Waals surface area contributed by atoms with Crippen LogP contribution in [0.4, 0.5) is 13.2 Å². The number of hydrogen-bond donors (Lipinski definition) is 0. The van der Waals surface area contributed by atoms with Crippen molar-refractivity contribution in [1.29, 1.82) is 0 Å². The van der Waals surface area contributed by atoms with Crippen molar-refractivity contribution < 1.29 is 36.7 Å². The van der Waals surface area contributed by atoms with Gasteiger partial charge in [-0.05, 0) is 58.4 Å². The molecule has 0 saturated carbocycles. The molecule has 0 aliphatic carbocycles. The highest BCUT2D eigenvalue weighted by Gasteiger charge is 2.64. The van der Waals surface area contributed by atoms with Gasteiger partial charge in [-0.3, -0.25) is 4.79 Å². The number of ketones is 1. The van der Waals surface area contributed by atoms with Gasteiger partial charge in [-0.2, -0.15) is 13.2 Å². The summed E-state index contributed by atoms with van der Waals surface area (Å²) in [5, 5.41) is 0. The highest BCUT2D eigenvalue weighted by molar-refractivity contribution is 5.83. The molecule has 0 amide bonds. The fourth-order valence-corrected chi connectivity index (χ4v) is 4.83. The van der Waals surface area contributed by atoms with E-state index in [1.807, 2.05) is 33.8 Å². The number of carbonyl (C=O) groups is 2. The highest BCUT2D eigenvalue weighted by atomic mass is 19.4. The molecule has 236 valence electrons. The van der Waals surface area contributed by atoms with Crippen LogP contribution in [0.1, 0.15) is 96.8 Å². The zero-order valence-electron chi connectivity index (χ0n) is 26.1. The van der Waals surface area contributed by atoms with E-state index in [2.05, 4.69) is 19.1 Å². The van der Waals surface area contributed by atoms with E-state index in [1.54, 1.807) is 12.1 Å². The molecular weight excluding hydrogens is 557 g/mol. The molecular formula is C35H45F3O5. The molecule has 43 heavy (non-hydrogen) atoms. The monoisotopic (exact) mass is 602 g/mol. The third-order valence-corrected chi connectivity index (χ3v) is 7.19. The van der Waals surface area contributed by atoms with Crippen molar-refractivity contribution in [1.82, 2.24) is 0 Å². The first-order chi connectivity index (χ1) is 20.3. The second-order valence-corrected chi connectivity index (χ2v) is 11.5. The summed E-state index contributed by atoms with van der Waals surface area (Å²) in [5.41, 5.74) is 0.188. The molecule has 1 heterocycles. The number of methoxy groups -OCH3 is 1. The van der Waals surface area contributed by atoms with Gasteiger partial charge in [-0.15, -0.1) is 0 Å². The second-order valence-electron chi connectivity index (χ2n) is 11.5. The van der Waals surface area contributed by atoms with Crippen LogP contribution < -0.4 is 0 Å². The summed E-state index contributed by atoms with van der Waals surface area (Å²) in [4.78, 5) is 25.2. The lowest BCUT2D eigenvalue weighted by Crippen LogP contribution is -2.52. The largest absolute Gasteiger partial charge is 0.472 e. The van der Waals surface area contributed by atoms with Gasteiger partial charge in [-0.25, -0.2) is 4.79 Å². The minimum Gasteiger partial charge on any atom is -0.472 e. The summed E-state index contributed by atoms with van der Waals surface area (Å²) in [6.07, 6.45) is 7.47. The summed E-state index contributed by atoms with van der Waals surface area (Å²) in [7, 11) is 0.848. The van der Waals surface area contributed by atoms with Crippen LogP contribution in [0.5, 0.6) is 0 Å². The second kappa shape index (κ2) is 17.0. The summed E-state index contributed by atoms with van der Waals surface area (Å²) >= 11 is 0. The van der Waals surface area contributed by atoms with E-state index in [0.717, 1.165) is 43.9 Å². The Balaban J connectivity index is 2.03. The minimum atomic E-state index is -5.06. The van der Waals surface area contributed by atoms with Gasteiger partial charge in [0.15, 0.2) is 0 Å². The molecule has 0 radical (unpaired) electrons. The van der Waals surface area contributed by atoms with E-state index >= 15 is 0 Å². The summed E-state index contributed by atoms with van der Waals surface area (Å²) in [6.45, 7) is 10.1. The van der Waals surface area contributed by atoms with E-state index in [0.29, 0.717) is 24.3 Å². The Bertz CT molecular complexity index is 1240. The molecule has 8 heteroatoms. The standard InChI is InChI=1S/C35H45F3O5/c1-25(2)22-31(39)23-28(5)15-11-13-26(3)12-10-14-27(4)18-19-32(29-20-21-42-24-29)43-33(40)34(41-6,35(36,37)38)30-16-8-7-9-17-30/h7-9,12,15-18,20-21,24-25,32H,10-11,13-14,19,22-23H2,1-6H3/b26-12+,27-18+,28-15+/t32-,34-/m0/s1. The van der Waals surface area contributed by atoms with Gasteiger partial charge in [0.05, 0.1) is 12.5 Å². The fourth-order valence-electron chi connectivity index (χ4n) is 4.83. The first kappa shape index (κ1) is 35.8. The molecule has 0 aliphatic heterocycles. The summed E-state index contributed by atoms with van der Waals surface area (Å²) in [5.74, 6) is -0.894. The van der Waals surface area contributed by atoms with Crippen LogP contribution in [0, 0.1) is 5.92 Å². The van der Waals surface area contributed by atoms with E-state index in [1.165, 1.54) is 42.4 Å². The summed E-state index contributed by atoms with van der Waals surface area (Å²) < 4.78 is 58.6. The lowest BCUT2D eigenvalue weighted by atomic mass is 9.92. The number of hydrogen-bond acceptors (Lipinski definition) is 5. The average Bonchev–Trinajstić information content (AvgIpc) is 3.46. The molecule has 5 nitrogen and oxygen atoms in total. The van der Waals surface area contributed by atoms with Gasteiger partial charge in [0, 0.05) is 37.5 Å². The Morgan fingerprint density at radius 1 is 0.907 bits per heavy atom. The Morgan fingerprint density at radius 3 is 2.05 bits per heavy atom. The predicted octanol–water partition coefficient (Wildman–Crippen LogP) is 9.76. The van der Waals surface area contributed by atoms with E-state index in [-0.39, 0.29) is 17.8 Å². The minimum absolute atomic E-state index is 0.172. The molecule has 0 fully saturated rings. The van der Waals surface area contributed by atoms with Crippen LogP contribution in [0.2, 0.25) is 0 Å². The van der Waals surface area contributed by atoms with Crippen molar-refractivity contribution in [2.75, 3.05) is 7.11 Å². The molecule has 0 spiro atoms. The Kier molecular flexibility index (Phi) is 14.2. The van der Waals surface area contributed by atoms with Gasteiger partial charge < -0.3 is 13.9 Å². The SMILES string of the molecule is CO[C@](C(=O)O[C@@H](C/C=C(\C)CC/C=C(\C)CC/C=C(\C)CC(=O)CC(C)C)c1ccoc1)(c1ccccc1)C(F)(F)F. The zero-order valence-corrected chi connectivity index (χ0v) is 26.1. The molecule has 0 aliphatic rings. The number of benzene rings is 1. The lowest BCUT2D eigenvalue weighted by molar-refractivity contribution is -0.278. The quantitative estimate of drug-likeness (QED) is 0.133. The number of carbonyl (C=O) groups excluding carboxylic acids is 2.